The number of aliphatic hydroxyl groups excluding tert-OH is 1. The van der Waals surface area contributed by atoms with Gasteiger partial charge in [-0.05, 0) is 78.4 Å². The molecule has 1 unspecified atom stereocenters. The van der Waals surface area contributed by atoms with Crippen molar-refractivity contribution in [1.82, 2.24) is 0 Å². The third-order valence-corrected chi connectivity index (χ3v) is 7.79. The first-order valence-electron chi connectivity index (χ1n) is 9.03. The lowest BCUT2D eigenvalue weighted by Crippen LogP contribution is -2.43. The maximum Gasteiger partial charge on any atom is 0.269 e. The highest BCUT2D eigenvalue weighted by Crippen LogP contribution is 2.60. The molecule has 1 aromatic carbocycles. The molecule has 0 radical (unpaired) electrons. The first-order chi connectivity index (χ1) is 11.3. The molecular weight excluding hydrogens is 324 g/mol. The summed E-state index contributed by atoms with van der Waals surface area (Å²) >= 11 is 0. The molecule has 0 aromatic heterocycles. The Bertz CT molecular complexity index is 757. The molecule has 4 nitrogen and oxygen atoms in total. The van der Waals surface area contributed by atoms with E-state index < -0.39 is 10.1 Å². The first-order valence-corrected chi connectivity index (χ1v) is 10.6. The van der Waals surface area contributed by atoms with Crippen LogP contribution in [-0.4, -0.2) is 24.2 Å². The monoisotopic (exact) mass is 350 g/mol. The molecule has 24 heavy (non-hydrogen) atoms. The molecule has 0 saturated heterocycles. The standard InChI is InChI=1S/C19H26O4S/c1-19-9-8-15-14-4-2-12(11-24(21,22)23)10-13(14)3-5-16(15)17(19)6-7-18(19)20/h2,4,10,15-18,20H,3,5-9,11H2,1H3,(H,21,22,23)/t15-,16-,17+,18?,19+/m1/s1. The molecule has 2 saturated carbocycles. The summed E-state index contributed by atoms with van der Waals surface area (Å²) in [7, 11) is -3.98. The fourth-order valence-corrected chi connectivity index (χ4v) is 6.51. The van der Waals surface area contributed by atoms with E-state index in [1.165, 1.54) is 11.1 Å². The third-order valence-electron chi connectivity index (χ3n) is 7.09. The predicted octanol–water partition coefficient (Wildman–Crippen LogP) is 3.29. The summed E-state index contributed by atoms with van der Waals surface area (Å²) in [6.07, 6.45) is 6.20. The summed E-state index contributed by atoms with van der Waals surface area (Å²) in [4.78, 5) is 0. The molecule has 5 heteroatoms. The van der Waals surface area contributed by atoms with Gasteiger partial charge in [0.1, 0.15) is 5.75 Å². The van der Waals surface area contributed by atoms with Crippen LogP contribution in [0.4, 0.5) is 0 Å². The Morgan fingerprint density at radius 1 is 1.21 bits per heavy atom. The largest absolute Gasteiger partial charge is 0.393 e. The van der Waals surface area contributed by atoms with Crippen molar-refractivity contribution in [3.8, 4) is 0 Å². The number of aryl methyl sites for hydroxylation is 1. The van der Waals surface area contributed by atoms with Gasteiger partial charge >= 0.3 is 0 Å². The molecule has 5 atom stereocenters. The van der Waals surface area contributed by atoms with Crippen LogP contribution < -0.4 is 0 Å². The highest BCUT2D eigenvalue weighted by molar-refractivity contribution is 7.85. The van der Waals surface area contributed by atoms with Crippen LogP contribution in [0.2, 0.25) is 0 Å². The summed E-state index contributed by atoms with van der Waals surface area (Å²) in [5, 5.41) is 10.4. The number of hydrogen-bond donors (Lipinski definition) is 2. The minimum Gasteiger partial charge on any atom is -0.393 e. The van der Waals surface area contributed by atoms with Crippen LogP contribution in [0.1, 0.15) is 61.6 Å². The SMILES string of the molecule is C[C@]12CC[C@@H]3c4ccc(CS(=O)(=O)O)cc4CC[C@H]3[C@@H]1CCC2O. The van der Waals surface area contributed by atoms with Crippen molar-refractivity contribution in [2.45, 2.75) is 63.2 Å². The first kappa shape index (κ1) is 16.6. The molecule has 0 heterocycles. The van der Waals surface area contributed by atoms with E-state index in [4.69, 9.17) is 4.55 Å². The van der Waals surface area contributed by atoms with Gasteiger partial charge in [-0.2, -0.15) is 8.42 Å². The zero-order chi connectivity index (χ0) is 17.1. The molecule has 2 N–H and O–H groups in total. The predicted molar refractivity (Wildman–Crippen MR) is 92.3 cm³/mol. The van der Waals surface area contributed by atoms with Crippen LogP contribution >= 0.6 is 0 Å². The second-order valence-corrected chi connectivity index (χ2v) is 9.77. The van der Waals surface area contributed by atoms with Gasteiger partial charge in [-0.25, -0.2) is 0 Å². The van der Waals surface area contributed by atoms with Crippen molar-refractivity contribution in [2.75, 3.05) is 0 Å². The number of fused-ring (bicyclic) bond motifs is 5. The molecule has 0 spiro atoms. The lowest BCUT2D eigenvalue weighted by Gasteiger charge is -2.50. The number of aliphatic hydroxyl groups is 1. The zero-order valence-electron chi connectivity index (χ0n) is 14.1. The van der Waals surface area contributed by atoms with Crippen molar-refractivity contribution >= 4 is 10.1 Å². The molecule has 0 bridgehead atoms. The summed E-state index contributed by atoms with van der Waals surface area (Å²) < 4.78 is 31.3. The quantitative estimate of drug-likeness (QED) is 0.803. The second-order valence-electron chi connectivity index (χ2n) is 8.31. The van der Waals surface area contributed by atoms with Gasteiger partial charge in [0.25, 0.3) is 10.1 Å². The number of hydrogen-bond acceptors (Lipinski definition) is 3. The van der Waals surface area contributed by atoms with Crippen LogP contribution in [0.25, 0.3) is 0 Å². The topological polar surface area (TPSA) is 74.6 Å². The summed E-state index contributed by atoms with van der Waals surface area (Å²) in [5.74, 6) is 1.48. The molecule has 0 aliphatic heterocycles. The van der Waals surface area contributed by atoms with E-state index in [9.17, 15) is 13.5 Å². The van der Waals surface area contributed by atoms with Gasteiger partial charge in [0, 0.05) is 0 Å². The molecule has 0 amide bonds. The van der Waals surface area contributed by atoms with E-state index in [1.807, 2.05) is 12.1 Å². The number of rotatable bonds is 2. The second kappa shape index (κ2) is 5.55. The average Bonchev–Trinajstić information content (AvgIpc) is 2.81. The molecule has 3 aliphatic rings. The van der Waals surface area contributed by atoms with Crippen LogP contribution in [0.3, 0.4) is 0 Å². The van der Waals surface area contributed by atoms with Crippen molar-refractivity contribution < 1.29 is 18.1 Å². The lowest BCUT2D eigenvalue weighted by atomic mass is 9.55. The fourth-order valence-electron chi connectivity index (χ4n) is 5.91. The zero-order valence-corrected chi connectivity index (χ0v) is 14.9. The molecule has 3 aliphatic carbocycles. The Morgan fingerprint density at radius 3 is 2.75 bits per heavy atom. The average molecular weight is 350 g/mol. The van der Waals surface area contributed by atoms with Gasteiger partial charge in [0.2, 0.25) is 0 Å². The van der Waals surface area contributed by atoms with Crippen LogP contribution in [0.15, 0.2) is 18.2 Å². The van der Waals surface area contributed by atoms with E-state index in [0.717, 1.165) is 38.5 Å². The Kier molecular flexibility index (Phi) is 3.83. The van der Waals surface area contributed by atoms with E-state index in [1.54, 1.807) is 0 Å². The van der Waals surface area contributed by atoms with Crippen LogP contribution in [-0.2, 0) is 22.3 Å². The Balaban J connectivity index is 1.63. The Morgan fingerprint density at radius 2 is 2.00 bits per heavy atom. The van der Waals surface area contributed by atoms with Gasteiger partial charge < -0.3 is 5.11 Å². The van der Waals surface area contributed by atoms with E-state index >= 15 is 0 Å². The van der Waals surface area contributed by atoms with Crippen molar-refractivity contribution in [3.05, 3.63) is 34.9 Å². The van der Waals surface area contributed by atoms with Gasteiger partial charge in [-0.15, -0.1) is 0 Å². The normalized spacial score (nSPS) is 38.3. The van der Waals surface area contributed by atoms with Crippen molar-refractivity contribution in [3.63, 3.8) is 0 Å². The van der Waals surface area contributed by atoms with Gasteiger partial charge in [-0.1, -0.05) is 25.1 Å². The van der Waals surface area contributed by atoms with E-state index in [0.29, 0.717) is 23.3 Å². The third kappa shape index (κ3) is 2.61. The van der Waals surface area contributed by atoms with Gasteiger partial charge in [0.15, 0.2) is 0 Å². The van der Waals surface area contributed by atoms with E-state index in [-0.39, 0.29) is 17.3 Å². The van der Waals surface area contributed by atoms with Crippen molar-refractivity contribution in [2.24, 2.45) is 17.3 Å². The minimum atomic E-state index is -3.98. The molecule has 4 rings (SSSR count). The summed E-state index contributed by atoms with van der Waals surface area (Å²) in [5.41, 5.74) is 3.38. The summed E-state index contributed by atoms with van der Waals surface area (Å²) in [6, 6.07) is 5.91. The Hall–Kier alpha value is -0.910. The van der Waals surface area contributed by atoms with Gasteiger partial charge in [-0.3, -0.25) is 4.55 Å². The minimum absolute atomic E-state index is 0.0869. The fraction of sp³-hybridized carbons (Fsp3) is 0.684. The van der Waals surface area contributed by atoms with Crippen LogP contribution in [0.5, 0.6) is 0 Å². The highest BCUT2D eigenvalue weighted by Gasteiger charge is 2.54. The Labute approximate surface area is 144 Å². The smallest absolute Gasteiger partial charge is 0.269 e. The lowest BCUT2D eigenvalue weighted by molar-refractivity contribution is -0.0226. The van der Waals surface area contributed by atoms with Crippen LogP contribution in [0, 0.1) is 17.3 Å². The van der Waals surface area contributed by atoms with Gasteiger partial charge in [0.05, 0.1) is 6.10 Å². The molecule has 2 fully saturated rings. The number of benzene rings is 1. The molecule has 1 aromatic rings. The van der Waals surface area contributed by atoms with Crippen molar-refractivity contribution in [1.29, 1.82) is 0 Å². The summed E-state index contributed by atoms with van der Waals surface area (Å²) in [6.45, 7) is 2.27. The molecular formula is C19H26O4S. The molecule has 132 valence electrons. The maximum absolute atomic E-state index is 11.1. The maximum atomic E-state index is 11.1. The highest BCUT2D eigenvalue weighted by atomic mass is 32.2. The van der Waals surface area contributed by atoms with E-state index in [2.05, 4.69) is 13.0 Å².